The van der Waals surface area contributed by atoms with Gasteiger partial charge in [-0.25, -0.2) is 9.38 Å². The monoisotopic (exact) mass is 395 g/mol. The number of nitrogens with one attached hydrogen (secondary N) is 1. The zero-order valence-electron chi connectivity index (χ0n) is 15.5. The van der Waals surface area contributed by atoms with Crippen molar-refractivity contribution in [1.82, 2.24) is 10.2 Å². The molecule has 1 amide bonds. The molecule has 2 aromatic rings. The summed E-state index contributed by atoms with van der Waals surface area (Å²) < 4.78 is 13.5. The van der Waals surface area contributed by atoms with E-state index in [-0.39, 0.29) is 11.7 Å². The molecule has 2 aliphatic heterocycles. The third kappa shape index (κ3) is 3.62. The molecule has 1 saturated heterocycles. The molecule has 0 spiro atoms. The van der Waals surface area contributed by atoms with Gasteiger partial charge in [0.25, 0.3) is 5.91 Å². The number of aliphatic imine (C=N–C) groups is 1. The van der Waals surface area contributed by atoms with Gasteiger partial charge in [0, 0.05) is 36.9 Å². The van der Waals surface area contributed by atoms with Crippen LogP contribution in [0.3, 0.4) is 0 Å². The van der Waals surface area contributed by atoms with E-state index in [0.29, 0.717) is 16.6 Å². The van der Waals surface area contributed by atoms with E-state index < -0.39 is 5.54 Å². The van der Waals surface area contributed by atoms with E-state index in [1.807, 2.05) is 36.4 Å². The second-order valence-electron chi connectivity index (χ2n) is 7.16. The molecule has 0 saturated carbocycles. The van der Waals surface area contributed by atoms with E-state index in [9.17, 15) is 9.18 Å². The summed E-state index contributed by atoms with van der Waals surface area (Å²) >= 11 is 1.57. The van der Waals surface area contributed by atoms with E-state index >= 15 is 0 Å². The van der Waals surface area contributed by atoms with Crippen LogP contribution in [0.5, 0.6) is 0 Å². The molecule has 144 valence electrons. The number of likely N-dealkylation sites (tertiary alicyclic amines) is 1. The first-order valence-electron chi connectivity index (χ1n) is 9.29. The van der Waals surface area contributed by atoms with Gasteiger partial charge in [-0.3, -0.25) is 9.69 Å². The lowest BCUT2D eigenvalue weighted by molar-refractivity contribution is 0.0977. The summed E-state index contributed by atoms with van der Waals surface area (Å²) in [5, 5.41) is 3.58. The Bertz CT molecular complexity index is 900. The number of benzene rings is 2. The maximum Gasteiger partial charge on any atom is 0.257 e. The van der Waals surface area contributed by atoms with Crippen molar-refractivity contribution in [1.29, 1.82) is 0 Å². The Labute approximate surface area is 168 Å². The Kier molecular flexibility index (Phi) is 5.33. The smallest absolute Gasteiger partial charge is 0.257 e. The number of hydrogen-bond acceptors (Lipinski definition) is 4. The maximum atomic E-state index is 13.5. The SMILES string of the molecule is C=CCN1CC2CSC(NC(=O)c3ccccc3)=NC2(c2ccc(F)cc2)C1. The van der Waals surface area contributed by atoms with Gasteiger partial charge in [-0.1, -0.05) is 48.2 Å². The average molecular weight is 396 g/mol. The van der Waals surface area contributed by atoms with Crippen molar-refractivity contribution in [3.8, 4) is 0 Å². The molecule has 4 nitrogen and oxygen atoms in total. The summed E-state index contributed by atoms with van der Waals surface area (Å²) in [5.41, 5.74) is 1.10. The van der Waals surface area contributed by atoms with Crippen LogP contribution in [0.1, 0.15) is 15.9 Å². The fourth-order valence-electron chi connectivity index (χ4n) is 3.98. The van der Waals surface area contributed by atoms with Gasteiger partial charge in [-0.15, -0.1) is 6.58 Å². The van der Waals surface area contributed by atoms with Gasteiger partial charge < -0.3 is 5.32 Å². The molecule has 0 bridgehead atoms. The van der Waals surface area contributed by atoms with Gasteiger partial charge in [0.1, 0.15) is 11.4 Å². The van der Waals surface area contributed by atoms with Gasteiger partial charge >= 0.3 is 0 Å². The van der Waals surface area contributed by atoms with Gasteiger partial charge in [-0.05, 0) is 29.8 Å². The Hall–Kier alpha value is -2.44. The largest absolute Gasteiger partial charge is 0.301 e. The number of thioether (sulfide) groups is 1. The predicted octanol–water partition coefficient (Wildman–Crippen LogP) is 3.67. The molecule has 4 rings (SSSR count). The van der Waals surface area contributed by atoms with Crippen molar-refractivity contribution in [2.45, 2.75) is 5.54 Å². The van der Waals surface area contributed by atoms with E-state index in [0.717, 1.165) is 31.0 Å². The number of carbonyl (C=O) groups is 1. The first-order chi connectivity index (χ1) is 13.6. The number of hydrogen-bond donors (Lipinski definition) is 1. The molecule has 2 aromatic carbocycles. The molecule has 2 atom stereocenters. The molecule has 2 unspecified atom stereocenters. The lowest BCUT2D eigenvalue weighted by Crippen LogP contribution is -2.42. The molecule has 6 heteroatoms. The van der Waals surface area contributed by atoms with Gasteiger partial charge in [-0.2, -0.15) is 0 Å². The van der Waals surface area contributed by atoms with E-state index in [1.54, 1.807) is 23.9 Å². The predicted molar refractivity (Wildman–Crippen MR) is 112 cm³/mol. The lowest BCUT2D eigenvalue weighted by atomic mass is 9.82. The number of amides is 1. The van der Waals surface area contributed by atoms with Crippen molar-refractivity contribution in [2.24, 2.45) is 10.9 Å². The fourth-order valence-corrected chi connectivity index (χ4v) is 5.11. The van der Waals surface area contributed by atoms with E-state index in [1.165, 1.54) is 12.1 Å². The normalized spacial score (nSPS) is 24.3. The molecule has 0 aromatic heterocycles. The highest BCUT2D eigenvalue weighted by atomic mass is 32.2. The van der Waals surface area contributed by atoms with Gasteiger partial charge in [0.05, 0.1) is 0 Å². The first kappa shape index (κ1) is 18.9. The van der Waals surface area contributed by atoms with Crippen LogP contribution in [-0.4, -0.2) is 41.4 Å². The second kappa shape index (κ2) is 7.89. The number of amidine groups is 1. The highest BCUT2D eigenvalue weighted by Gasteiger charge is 2.50. The molecule has 28 heavy (non-hydrogen) atoms. The van der Waals surface area contributed by atoms with E-state index in [4.69, 9.17) is 4.99 Å². The molecule has 1 fully saturated rings. The average Bonchev–Trinajstić information content (AvgIpc) is 3.08. The third-order valence-corrected chi connectivity index (χ3v) is 6.36. The van der Waals surface area contributed by atoms with Crippen LogP contribution >= 0.6 is 11.8 Å². The molecular formula is C22H22FN3OS. The summed E-state index contributed by atoms with van der Waals surface area (Å²) in [6.07, 6.45) is 1.89. The van der Waals surface area contributed by atoms with Crippen molar-refractivity contribution >= 4 is 22.8 Å². The van der Waals surface area contributed by atoms with Crippen LogP contribution in [0.25, 0.3) is 0 Å². The highest BCUT2D eigenvalue weighted by molar-refractivity contribution is 8.13. The van der Waals surface area contributed by atoms with Gasteiger partial charge in [0.2, 0.25) is 0 Å². The minimum atomic E-state index is -0.485. The summed E-state index contributed by atoms with van der Waals surface area (Å²) in [7, 11) is 0. The first-order valence-corrected chi connectivity index (χ1v) is 10.3. The minimum Gasteiger partial charge on any atom is -0.301 e. The van der Waals surface area contributed by atoms with Crippen molar-refractivity contribution in [3.05, 3.63) is 84.2 Å². The Balaban J connectivity index is 1.67. The summed E-state index contributed by atoms with van der Waals surface area (Å²) in [4.78, 5) is 19.9. The van der Waals surface area contributed by atoms with Crippen LogP contribution in [0.15, 0.2) is 72.2 Å². The molecule has 2 aliphatic rings. The van der Waals surface area contributed by atoms with E-state index in [2.05, 4.69) is 16.8 Å². The Morgan fingerprint density at radius 3 is 2.75 bits per heavy atom. The standard InChI is InChI=1S/C22H22FN3OS/c1-2-12-26-13-18-14-28-21(24-20(27)16-6-4-3-5-7-16)25-22(18,15-26)17-8-10-19(23)11-9-17/h2-11,18H,1,12-15H2,(H,24,25,27). The topological polar surface area (TPSA) is 44.7 Å². The Morgan fingerprint density at radius 1 is 1.29 bits per heavy atom. The quantitative estimate of drug-likeness (QED) is 0.804. The highest BCUT2D eigenvalue weighted by Crippen LogP contribution is 2.45. The van der Waals surface area contributed by atoms with Crippen LogP contribution in [-0.2, 0) is 5.54 Å². The van der Waals surface area contributed by atoms with Crippen LogP contribution < -0.4 is 5.32 Å². The second-order valence-corrected chi connectivity index (χ2v) is 8.17. The molecule has 1 N–H and O–H groups in total. The van der Waals surface area contributed by atoms with Crippen LogP contribution in [0.2, 0.25) is 0 Å². The number of fused-ring (bicyclic) bond motifs is 1. The molecular weight excluding hydrogens is 373 g/mol. The molecule has 2 heterocycles. The summed E-state index contributed by atoms with van der Waals surface area (Å²) in [6.45, 7) is 6.26. The third-order valence-electron chi connectivity index (χ3n) is 5.33. The van der Waals surface area contributed by atoms with Crippen LogP contribution in [0.4, 0.5) is 4.39 Å². The maximum absolute atomic E-state index is 13.5. The van der Waals surface area contributed by atoms with Crippen LogP contribution in [0, 0.1) is 11.7 Å². The molecule has 0 aliphatic carbocycles. The lowest BCUT2D eigenvalue weighted by Gasteiger charge is -2.35. The fraction of sp³-hybridized carbons (Fsp3) is 0.273. The summed E-state index contributed by atoms with van der Waals surface area (Å²) in [6, 6.07) is 15.7. The molecule has 0 radical (unpaired) electrons. The van der Waals surface area contributed by atoms with Crippen molar-refractivity contribution in [3.63, 3.8) is 0 Å². The van der Waals surface area contributed by atoms with Crippen molar-refractivity contribution < 1.29 is 9.18 Å². The number of rotatable bonds is 4. The Morgan fingerprint density at radius 2 is 2.04 bits per heavy atom. The number of halogens is 1. The van der Waals surface area contributed by atoms with Gasteiger partial charge in [0.15, 0.2) is 5.17 Å². The van der Waals surface area contributed by atoms with Crippen molar-refractivity contribution in [2.75, 3.05) is 25.4 Å². The summed E-state index contributed by atoms with van der Waals surface area (Å²) in [5.74, 6) is 0.712. The zero-order valence-corrected chi connectivity index (χ0v) is 16.3. The number of nitrogens with zero attached hydrogens (tertiary/aromatic N) is 2. The number of carbonyl (C=O) groups excluding carboxylic acids is 1. The minimum absolute atomic E-state index is 0.166. The zero-order chi connectivity index (χ0) is 19.6.